The molecule has 2 fully saturated rings. The molecule has 2 saturated heterocycles. The van der Waals surface area contributed by atoms with Crippen LogP contribution in [0.15, 0.2) is 66.7 Å². The molecular formula is C38H43F2N6O3+. The van der Waals surface area contributed by atoms with Gasteiger partial charge >= 0.3 is 5.91 Å². The summed E-state index contributed by atoms with van der Waals surface area (Å²) in [7, 11) is 2.11. The topological polar surface area (TPSA) is 129 Å². The number of carbonyl (C=O) groups excluding carboxylic acids is 1. The van der Waals surface area contributed by atoms with E-state index < -0.39 is 17.5 Å². The van der Waals surface area contributed by atoms with Crippen molar-refractivity contribution in [3.8, 4) is 16.9 Å². The van der Waals surface area contributed by atoms with Crippen LogP contribution < -0.4 is 26.7 Å². The minimum atomic E-state index is -0.692. The van der Waals surface area contributed by atoms with Gasteiger partial charge in [-0.05, 0) is 116 Å². The molecule has 4 aromatic rings. The highest BCUT2D eigenvalue weighted by Gasteiger charge is 2.26. The molecule has 7 N–H and O–H groups in total. The summed E-state index contributed by atoms with van der Waals surface area (Å²) in [5.41, 5.74) is 12.7. The lowest BCUT2D eigenvalue weighted by Crippen LogP contribution is -2.52. The third-order valence-corrected chi connectivity index (χ3v) is 9.34. The van der Waals surface area contributed by atoms with Gasteiger partial charge in [0.2, 0.25) is 0 Å². The molecule has 256 valence electrons. The first kappa shape index (κ1) is 33.9. The first-order chi connectivity index (χ1) is 23.5. The van der Waals surface area contributed by atoms with E-state index in [0.29, 0.717) is 52.3 Å². The number of phenols is 1. The Labute approximate surface area is 285 Å². The van der Waals surface area contributed by atoms with Gasteiger partial charge in [0.05, 0.1) is 16.8 Å². The number of ether oxygens (including phenoxy) is 1. The molecule has 0 spiro atoms. The van der Waals surface area contributed by atoms with Crippen molar-refractivity contribution >= 4 is 28.8 Å². The summed E-state index contributed by atoms with van der Waals surface area (Å²) in [4.78, 5) is 18.5. The fourth-order valence-corrected chi connectivity index (χ4v) is 6.55. The number of nitrogen functional groups attached to an aromatic ring is 1. The lowest BCUT2D eigenvalue weighted by Gasteiger charge is -2.34. The predicted octanol–water partition coefficient (Wildman–Crippen LogP) is 4.10. The van der Waals surface area contributed by atoms with Crippen LogP contribution in [0.1, 0.15) is 45.5 Å². The number of benzene rings is 4. The molecule has 2 aliphatic heterocycles. The van der Waals surface area contributed by atoms with Crippen molar-refractivity contribution in [2.24, 2.45) is 0 Å². The largest absolute Gasteiger partial charge is 0.508 e. The highest BCUT2D eigenvalue weighted by Crippen LogP contribution is 2.35. The standard InChI is InChI=1S/C38H42F2N6O3/c1-23-3-5-30(47)21-32(23)33-22-35(41)34(18-25(33)15-24-16-26(39)19-27(40)17-24)37(42)44-38(48)31-6-4-29(46-11-9-45(2)10-12-46)20-36(31)43-28-7-13-49-14-8-28/h3-6,16-22,28,43,47H,7-15,41H2,1-2H3,(H2,42,44,48)/p+1. The van der Waals surface area contributed by atoms with E-state index in [1.807, 2.05) is 25.1 Å². The zero-order chi connectivity index (χ0) is 34.7. The summed E-state index contributed by atoms with van der Waals surface area (Å²) in [6, 6.07) is 17.7. The number of hydrogen-bond donors (Lipinski definition) is 5. The average Bonchev–Trinajstić information content (AvgIpc) is 3.07. The zero-order valence-corrected chi connectivity index (χ0v) is 27.9. The summed E-state index contributed by atoms with van der Waals surface area (Å²) in [6.45, 7) is 6.89. The van der Waals surface area contributed by atoms with Gasteiger partial charge in [-0.3, -0.25) is 5.41 Å². The van der Waals surface area contributed by atoms with Gasteiger partial charge < -0.3 is 30.7 Å². The number of halogens is 2. The maximum atomic E-state index is 14.2. The maximum Gasteiger partial charge on any atom is 0.341 e. The minimum Gasteiger partial charge on any atom is -0.508 e. The molecule has 0 atom stereocenters. The number of aryl methyl sites for hydroxylation is 1. The number of nitrogens with zero attached hydrogens (tertiary/aromatic N) is 2. The molecule has 0 unspecified atom stereocenters. The van der Waals surface area contributed by atoms with Crippen molar-refractivity contribution < 1.29 is 28.8 Å². The van der Waals surface area contributed by atoms with Gasteiger partial charge in [-0.1, -0.05) is 6.07 Å². The van der Waals surface area contributed by atoms with E-state index >= 15 is 0 Å². The van der Waals surface area contributed by atoms with E-state index in [4.69, 9.17) is 15.9 Å². The lowest BCUT2D eigenvalue weighted by atomic mass is 9.89. The van der Waals surface area contributed by atoms with E-state index in [1.54, 1.807) is 30.3 Å². The predicted molar refractivity (Wildman–Crippen MR) is 189 cm³/mol. The van der Waals surface area contributed by atoms with E-state index in [0.717, 1.165) is 56.3 Å². The minimum absolute atomic E-state index is 0.0357. The number of hydrogen-bond acceptors (Lipinski definition) is 7. The van der Waals surface area contributed by atoms with E-state index in [-0.39, 0.29) is 29.7 Å². The molecule has 11 heteroatoms. The van der Waals surface area contributed by atoms with Crippen molar-refractivity contribution in [3.63, 3.8) is 0 Å². The number of nitrogens with two attached hydrogens (primary N) is 2. The van der Waals surface area contributed by atoms with Crippen molar-refractivity contribution in [1.82, 2.24) is 10.2 Å². The Morgan fingerprint density at radius 2 is 1.65 bits per heavy atom. The van der Waals surface area contributed by atoms with Crippen LogP contribution in [-0.2, 0) is 11.2 Å². The smallest absolute Gasteiger partial charge is 0.341 e. The second-order valence-corrected chi connectivity index (χ2v) is 13.0. The molecule has 2 aliphatic rings. The third-order valence-electron chi connectivity index (χ3n) is 9.34. The van der Waals surface area contributed by atoms with Crippen LogP contribution in [0.2, 0.25) is 0 Å². The molecule has 49 heavy (non-hydrogen) atoms. The molecule has 0 aromatic heterocycles. The second kappa shape index (κ2) is 14.6. The van der Waals surface area contributed by atoms with Crippen molar-refractivity contribution in [2.45, 2.75) is 32.2 Å². The lowest BCUT2D eigenvalue weighted by molar-refractivity contribution is -0.116. The SMILES string of the molecule is Cc1ccc(O)cc1-c1cc(N)c(C(=[NH2+])NC(=O)c2ccc(N3CCN(C)CC3)cc2NC2CCOCC2)cc1Cc1cc(F)cc(F)c1. The summed E-state index contributed by atoms with van der Waals surface area (Å²) in [6.07, 6.45) is 1.79. The second-order valence-electron chi connectivity index (χ2n) is 13.0. The first-order valence-electron chi connectivity index (χ1n) is 16.6. The number of phenolic OH excluding ortho intramolecular Hbond substituents is 1. The highest BCUT2D eigenvalue weighted by molar-refractivity contribution is 6.14. The van der Waals surface area contributed by atoms with Gasteiger partial charge in [0.1, 0.15) is 17.4 Å². The van der Waals surface area contributed by atoms with Crippen molar-refractivity contribution in [3.05, 3.63) is 106 Å². The summed E-state index contributed by atoms with van der Waals surface area (Å²) >= 11 is 0. The number of nitrogens with one attached hydrogen (secondary N) is 2. The third kappa shape index (κ3) is 8.01. The molecule has 0 saturated carbocycles. The van der Waals surface area contributed by atoms with Gasteiger partial charge in [0.15, 0.2) is 0 Å². The molecule has 1 amide bonds. The van der Waals surface area contributed by atoms with Gasteiger partial charge in [0.25, 0.3) is 5.84 Å². The summed E-state index contributed by atoms with van der Waals surface area (Å²) in [5.74, 6) is -1.69. The van der Waals surface area contributed by atoms with Gasteiger partial charge in [-0.15, -0.1) is 0 Å². The molecule has 4 aromatic carbocycles. The molecule has 0 radical (unpaired) electrons. The Morgan fingerprint density at radius 3 is 2.37 bits per heavy atom. The first-order valence-corrected chi connectivity index (χ1v) is 16.6. The Kier molecular flexibility index (Phi) is 10.1. The Bertz CT molecular complexity index is 1850. The van der Waals surface area contributed by atoms with Gasteiger partial charge in [-0.25, -0.2) is 18.9 Å². The summed E-state index contributed by atoms with van der Waals surface area (Å²) < 4.78 is 33.9. The van der Waals surface area contributed by atoms with Gasteiger partial charge in [0, 0.05) is 62.9 Å². The van der Waals surface area contributed by atoms with Crippen LogP contribution in [0.4, 0.5) is 25.8 Å². The molecule has 2 heterocycles. The van der Waals surface area contributed by atoms with Crippen LogP contribution in [0, 0.1) is 18.6 Å². The molecular weight excluding hydrogens is 626 g/mol. The van der Waals surface area contributed by atoms with Crippen LogP contribution in [0.25, 0.3) is 11.1 Å². The van der Waals surface area contributed by atoms with Crippen molar-refractivity contribution in [2.75, 3.05) is 62.4 Å². The van der Waals surface area contributed by atoms with Crippen molar-refractivity contribution in [1.29, 1.82) is 0 Å². The number of amidine groups is 1. The monoisotopic (exact) mass is 669 g/mol. The number of piperazine rings is 1. The number of carbonyl (C=O) groups is 1. The van der Waals surface area contributed by atoms with E-state index in [1.165, 1.54) is 12.1 Å². The van der Waals surface area contributed by atoms with Gasteiger partial charge in [-0.2, -0.15) is 0 Å². The summed E-state index contributed by atoms with van der Waals surface area (Å²) in [5, 5.41) is 23.3. The normalized spacial score (nSPS) is 15.6. The highest BCUT2D eigenvalue weighted by atomic mass is 19.1. The van der Waals surface area contributed by atoms with Crippen LogP contribution >= 0.6 is 0 Å². The Hall–Kier alpha value is -5.00. The quantitative estimate of drug-likeness (QED) is 0.109. The molecule has 6 rings (SSSR count). The Balaban J connectivity index is 1.32. The number of amides is 1. The van der Waals surface area contributed by atoms with Crippen LogP contribution in [-0.4, -0.2) is 74.2 Å². The molecule has 0 bridgehead atoms. The van der Waals surface area contributed by atoms with Crippen LogP contribution in [0.3, 0.4) is 0 Å². The number of aromatic hydroxyl groups is 1. The van der Waals surface area contributed by atoms with Crippen LogP contribution in [0.5, 0.6) is 5.75 Å². The fraction of sp³-hybridized carbons (Fsp3) is 0.316. The number of rotatable bonds is 8. The average molecular weight is 670 g/mol. The van der Waals surface area contributed by atoms with E-state index in [2.05, 4.69) is 27.5 Å². The molecule has 9 nitrogen and oxygen atoms in total. The zero-order valence-electron chi connectivity index (χ0n) is 27.9. The number of likely N-dealkylation sites (N-methyl/N-ethyl adjacent to an activating group) is 1. The maximum absolute atomic E-state index is 14.2. The number of anilines is 3. The van der Waals surface area contributed by atoms with E-state index in [9.17, 15) is 18.7 Å². The fourth-order valence-electron chi connectivity index (χ4n) is 6.55. The Morgan fingerprint density at radius 1 is 0.939 bits per heavy atom. The molecule has 0 aliphatic carbocycles.